The Morgan fingerprint density at radius 1 is 1.14 bits per heavy atom. The van der Waals surface area contributed by atoms with E-state index in [4.69, 9.17) is 0 Å². The second kappa shape index (κ2) is 4.45. The van der Waals surface area contributed by atoms with Crippen LogP contribution in [0.25, 0.3) is 0 Å². The molecular weight excluding hydrogens is 168 g/mol. The number of hydrogen-bond acceptors (Lipinski definition) is 0. The van der Waals surface area contributed by atoms with Gasteiger partial charge in [0.25, 0.3) is 0 Å². The van der Waals surface area contributed by atoms with Gasteiger partial charge in [0.1, 0.15) is 0 Å². The summed E-state index contributed by atoms with van der Waals surface area (Å²) in [6.45, 7) is 2.07. The van der Waals surface area contributed by atoms with E-state index in [1.165, 1.54) is 30.4 Å². The van der Waals surface area contributed by atoms with E-state index in [1.54, 1.807) is 0 Å². The van der Waals surface area contributed by atoms with Crippen molar-refractivity contribution >= 4 is 0 Å². The third kappa shape index (κ3) is 2.73. The van der Waals surface area contributed by atoms with Crippen molar-refractivity contribution in [2.75, 3.05) is 0 Å². The van der Waals surface area contributed by atoms with Crippen molar-refractivity contribution < 1.29 is 0 Å². The molecule has 0 bridgehead atoms. The van der Waals surface area contributed by atoms with Gasteiger partial charge in [0, 0.05) is 0 Å². The standard InChI is InChI=1S/C14H18/c1-2-3-4-12-5-7-13(8-6-12)11-14-9-10-14/h2-3,5-8,14H,4,9-11H2,1H3. The van der Waals surface area contributed by atoms with Gasteiger partial charge in [-0.3, -0.25) is 0 Å². The second-order valence-electron chi connectivity index (χ2n) is 4.24. The molecule has 0 N–H and O–H groups in total. The average Bonchev–Trinajstić information content (AvgIpc) is 3.01. The number of hydrogen-bond donors (Lipinski definition) is 0. The first-order chi connectivity index (χ1) is 6.88. The first-order valence-corrected chi connectivity index (χ1v) is 5.57. The molecule has 0 spiro atoms. The van der Waals surface area contributed by atoms with Crippen molar-refractivity contribution in [3.63, 3.8) is 0 Å². The fraction of sp³-hybridized carbons (Fsp3) is 0.429. The van der Waals surface area contributed by atoms with Crippen molar-refractivity contribution in [2.24, 2.45) is 5.92 Å². The molecule has 0 heteroatoms. The lowest BCUT2D eigenvalue weighted by Gasteiger charge is -2.01. The molecule has 2 rings (SSSR count). The third-order valence-electron chi connectivity index (χ3n) is 2.83. The Hall–Kier alpha value is -1.04. The van der Waals surface area contributed by atoms with Gasteiger partial charge in [-0.15, -0.1) is 0 Å². The normalized spacial score (nSPS) is 16.4. The van der Waals surface area contributed by atoms with Crippen molar-refractivity contribution in [2.45, 2.75) is 32.6 Å². The molecule has 0 atom stereocenters. The number of allylic oxidation sites excluding steroid dienone is 2. The molecule has 0 saturated heterocycles. The van der Waals surface area contributed by atoms with Crippen molar-refractivity contribution in [3.8, 4) is 0 Å². The van der Waals surface area contributed by atoms with E-state index >= 15 is 0 Å². The Morgan fingerprint density at radius 3 is 2.36 bits per heavy atom. The van der Waals surface area contributed by atoms with E-state index in [9.17, 15) is 0 Å². The fourth-order valence-electron chi connectivity index (χ4n) is 1.72. The zero-order valence-electron chi connectivity index (χ0n) is 8.87. The number of benzene rings is 1. The van der Waals surface area contributed by atoms with Crippen LogP contribution in [0.4, 0.5) is 0 Å². The SMILES string of the molecule is CC=CCc1ccc(CC2CC2)cc1. The molecule has 1 fully saturated rings. The molecular formula is C14H18. The molecule has 74 valence electrons. The van der Waals surface area contributed by atoms with E-state index in [-0.39, 0.29) is 0 Å². The summed E-state index contributed by atoms with van der Waals surface area (Å²) >= 11 is 0. The summed E-state index contributed by atoms with van der Waals surface area (Å²) < 4.78 is 0. The molecule has 14 heavy (non-hydrogen) atoms. The molecule has 0 radical (unpaired) electrons. The maximum Gasteiger partial charge on any atom is -0.00976 e. The summed E-state index contributed by atoms with van der Waals surface area (Å²) in [6, 6.07) is 9.10. The Kier molecular flexibility index (Phi) is 3.03. The Balaban J connectivity index is 1.94. The average molecular weight is 186 g/mol. The molecule has 0 aliphatic heterocycles. The van der Waals surface area contributed by atoms with Gasteiger partial charge in [-0.25, -0.2) is 0 Å². The Morgan fingerprint density at radius 2 is 1.79 bits per heavy atom. The lowest BCUT2D eigenvalue weighted by Crippen LogP contribution is -1.88. The summed E-state index contributed by atoms with van der Waals surface area (Å²) in [5.74, 6) is 0.997. The molecule has 1 aromatic carbocycles. The van der Waals surface area contributed by atoms with Crippen LogP contribution in [-0.4, -0.2) is 0 Å². The summed E-state index contributed by atoms with van der Waals surface area (Å²) in [5, 5.41) is 0. The minimum Gasteiger partial charge on any atom is -0.0913 e. The van der Waals surface area contributed by atoms with Crippen LogP contribution in [0.2, 0.25) is 0 Å². The van der Waals surface area contributed by atoms with Crippen LogP contribution in [0, 0.1) is 5.92 Å². The minimum absolute atomic E-state index is 0.997. The molecule has 1 aliphatic carbocycles. The molecule has 0 heterocycles. The highest BCUT2D eigenvalue weighted by Gasteiger charge is 2.20. The van der Waals surface area contributed by atoms with Gasteiger partial charge in [-0.2, -0.15) is 0 Å². The minimum atomic E-state index is 0.997. The van der Waals surface area contributed by atoms with Gasteiger partial charge >= 0.3 is 0 Å². The van der Waals surface area contributed by atoms with Crippen LogP contribution in [0.3, 0.4) is 0 Å². The van der Waals surface area contributed by atoms with E-state index in [0.717, 1.165) is 12.3 Å². The highest BCUT2D eigenvalue weighted by Crippen LogP contribution is 2.32. The summed E-state index contributed by atoms with van der Waals surface area (Å²) in [6.07, 6.45) is 9.57. The third-order valence-corrected chi connectivity index (χ3v) is 2.83. The van der Waals surface area contributed by atoms with Crippen molar-refractivity contribution in [1.82, 2.24) is 0 Å². The summed E-state index contributed by atoms with van der Waals surface area (Å²) in [7, 11) is 0. The van der Waals surface area contributed by atoms with Gasteiger partial charge in [0.15, 0.2) is 0 Å². The monoisotopic (exact) mass is 186 g/mol. The topological polar surface area (TPSA) is 0 Å². The zero-order chi connectivity index (χ0) is 9.80. The van der Waals surface area contributed by atoms with Crippen LogP contribution < -0.4 is 0 Å². The molecule has 0 amide bonds. The molecule has 0 unspecified atom stereocenters. The smallest absolute Gasteiger partial charge is 0.00976 e. The lowest BCUT2D eigenvalue weighted by molar-refractivity contribution is 0.832. The highest BCUT2D eigenvalue weighted by atomic mass is 14.3. The predicted molar refractivity (Wildman–Crippen MR) is 61.4 cm³/mol. The zero-order valence-corrected chi connectivity index (χ0v) is 8.87. The van der Waals surface area contributed by atoms with Gasteiger partial charge < -0.3 is 0 Å². The van der Waals surface area contributed by atoms with Crippen LogP contribution in [0.5, 0.6) is 0 Å². The maximum absolute atomic E-state index is 2.29. The maximum atomic E-state index is 2.29. The van der Waals surface area contributed by atoms with E-state index in [1.807, 2.05) is 0 Å². The first-order valence-electron chi connectivity index (χ1n) is 5.57. The van der Waals surface area contributed by atoms with Gasteiger partial charge in [0.2, 0.25) is 0 Å². The van der Waals surface area contributed by atoms with E-state index < -0.39 is 0 Å². The lowest BCUT2D eigenvalue weighted by atomic mass is 10.1. The van der Waals surface area contributed by atoms with E-state index in [0.29, 0.717) is 0 Å². The summed E-state index contributed by atoms with van der Waals surface area (Å²) in [5.41, 5.74) is 2.93. The number of rotatable bonds is 4. The van der Waals surface area contributed by atoms with Crippen LogP contribution >= 0.6 is 0 Å². The van der Waals surface area contributed by atoms with Crippen LogP contribution in [-0.2, 0) is 12.8 Å². The van der Waals surface area contributed by atoms with Gasteiger partial charge in [-0.1, -0.05) is 36.4 Å². The second-order valence-corrected chi connectivity index (χ2v) is 4.24. The molecule has 1 saturated carbocycles. The van der Waals surface area contributed by atoms with Gasteiger partial charge in [-0.05, 0) is 49.7 Å². The van der Waals surface area contributed by atoms with Gasteiger partial charge in [0.05, 0.1) is 0 Å². The van der Waals surface area contributed by atoms with E-state index in [2.05, 4.69) is 43.3 Å². The fourth-order valence-corrected chi connectivity index (χ4v) is 1.72. The molecule has 0 aromatic heterocycles. The predicted octanol–water partition coefficient (Wildman–Crippen LogP) is 3.76. The largest absolute Gasteiger partial charge is 0.0913 e. The Bertz CT molecular complexity index is 301. The molecule has 1 aromatic rings. The molecule has 1 aliphatic rings. The highest BCUT2D eigenvalue weighted by molar-refractivity contribution is 5.24. The van der Waals surface area contributed by atoms with Crippen LogP contribution in [0.1, 0.15) is 30.9 Å². The quantitative estimate of drug-likeness (QED) is 0.628. The van der Waals surface area contributed by atoms with Crippen molar-refractivity contribution in [3.05, 3.63) is 47.5 Å². The molecule has 0 nitrogen and oxygen atoms in total. The first kappa shape index (κ1) is 9.51. The Labute approximate surface area is 86.7 Å². The summed E-state index contributed by atoms with van der Waals surface area (Å²) in [4.78, 5) is 0. The van der Waals surface area contributed by atoms with Crippen LogP contribution in [0.15, 0.2) is 36.4 Å². The van der Waals surface area contributed by atoms with Crippen molar-refractivity contribution in [1.29, 1.82) is 0 Å².